The van der Waals surface area contributed by atoms with E-state index in [1.165, 1.54) is 96.7 Å². The molecule has 14 nitrogen and oxygen atoms in total. The molecule has 1 amide bonds. The van der Waals surface area contributed by atoms with Gasteiger partial charge in [0.1, 0.15) is 57.4 Å². The van der Waals surface area contributed by atoms with Crippen molar-refractivity contribution in [1.82, 2.24) is 25.0 Å². The highest BCUT2D eigenvalue weighted by atomic mass is 32.2. The molecule has 0 bridgehead atoms. The third-order valence-corrected chi connectivity index (χ3v) is 7.69. The molecule has 2 aromatic carbocycles. The molecule has 2 heterocycles. The number of nitrogen functional groups attached to an aromatic ring is 2. The molecule has 0 saturated heterocycles. The summed E-state index contributed by atoms with van der Waals surface area (Å²) in [7, 11) is 8.59. The number of carbonyl (C=O) groups is 2. The van der Waals surface area contributed by atoms with E-state index in [1.807, 2.05) is 13.8 Å². The van der Waals surface area contributed by atoms with Gasteiger partial charge in [0.2, 0.25) is 5.78 Å². The van der Waals surface area contributed by atoms with Crippen LogP contribution in [0.15, 0.2) is 53.0 Å². The highest BCUT2D eigenvalue weighted by Gasteiger charge is 2.24. The number of benzene rings is 2. The lowest BCUT2D eigenvalue weighted by atomic mass is 10.0. The predicted octanol–water partition coefficient (Wildman–Crippen LogP) is 5.21. The van der Waals surface area contributed by atoms with Crippen LogP contribution >= 0.6 is 23.5 Å². The molecule has 0 aliphatic carbocycles. The van der Waals surface area contributed by atoms with Gasteiger partial charge in [0.15, 0.2) is 10.3 Å². The highest BCUT2D eigenvalue weighted by Crippen LogP contribution is 2.31. The maximum atomic E-state index is 14.3. The zero-order valence-electron chi connectivity index (χ0n) is 28.8. The second-order valence-corrected chi connectivity index (χ2v) is 11.8. The fourth-order valence-corrected chi connectivity index (χ4v) is 4.81. The van der Waals surface area contributed by atoms with E-state index in [1.54, 1.807) is 6.07 Å². The molecular weight excluding hydrogens is 697 g/mol. The number of carbonyl (C=O) groups excluding carboxylic acids is 2. The van der Waals surface area contributed by atoms with Gasteiger partial charge in [-0.25, -0.2) is 33.8 Å². The van der Waals surface area contributed by atoms with Crippen LogP contribution in [0.2, 0.25) is 0 Å². The van der Waals surface area contributed by atoms with Crippen LogP contribution in [-0.2, 0) is 4.84 Å². The Morgan fingerprint density at radius 3 is 1.64 bits per heavy atom. The molecule has 0 aliphatic rings. The Morgan fingerprint density at radius 1 is 0.740 bits per heavy atom. The number of anilines is 2. The molecule has 18 heteroatoms. The number of ketones is 1. The first-order valence-electron chi connectivity index (χ1n) is 14.5. The minimum absolute atomic E-state index is 0.00165. The fraction of sp³-hybridized carbons (Fsp3) is 0.312. The summed E-state index contributed by atoms with van der Waals surface area (Å²) in [6.45, 7) is 3.93. The van der Waals surface area contributed by atoms with Crippen molar-refractivity contribution in [3.63, 3.8) is 0 Å². The van der Waals surface area contributed by atoms with Crippen LogP contribution in [0.4, 0.5) is 20.4 Å². The van der Waals surface area contributed by atoms with Crippen molar-refractivity contribution in [1.29, 1.82) is 0 Å². The molecule has 4 aromatic rings. The van der Waals surface area contributed by atoms with Crippen LogP contribution in [0.3, 0.4) is 0 Å². The van der Waals surface area contributed by atoms with Crippen molar-refractivity contribution < 1.29 is 42.2 Å². The van der Waals surface area contributed by atoms with Gasteiger partial charge in [0, 0.05) is 49.8 Å². The Morgan fingerprint density at radius 2 is 1.22 bits per heavy atom. The molecule has 0 atom stereocenters. The topological polar surface area (TPSA) is 187 Å². The summed E-state index contributed by atoms with van der Waals surface area (Å²) in [5, 5.41) is 2.10. The minimum atomic E-state index is -0.766. The van der Waals surface area contributed by atoms with E-state index < -0.39 is 11.6 Å². The van der Waals surface area contributed by atoms with E-state index in [4.69, 9.17) is 35.3 Å². The molecule has 0 radical (unpaired) electrons. The first kappa shape index (κ1) is 41.2. The highest BCUT2D eigenvalue weighted by molar-refractivity contribution is 7.99. The summed E-state index contributed by atoms with van der Waals surface area (Å²) in [4.78, 5) is 45.2. The number of rotatable bonds is 12. The zero-order valence-corrected chi connectivity index (χ0v) is 30.4. The summed E-state index contributed by atoms with van der Waals surface area (Å²) >= 11 is 2.86. The Labute approximate surface area is 297 Å². The molecule has 4 rings (SSSR count). The van der Waals surface area contributed by atoms with E-state index in [2.05, 4.69) is 19.9 Å². The minimum Gasteiger partial charge on any atom is -0.497 e. The normalized spacial score (nSPS) is 10.1. The molecule has 270 valence electrons. The van der Waals surface area contributed by atoms with E-state index in [-0.39, 0.29) is 51.5 Å². The van der Waals surface area contributed by atoms with Gasteiger partial charge in [0.05, 0.1) is 41.1 Å². The average molecular weight is 736 g/mol. The van der Waals surface area contributed by atoms with Crippen LogP contribution in [0.25, 0.3) is 0 Å². The van der Waals surface area contributed by atoms with Crippen molar-refractivity contribution in [3.8, 4) is 23.0 Å². The number of aromatic nitrogens is 4. The maximum absolute atomic E-state index is 14.3. The zero-order chi connectivity index (χ0) is 37.4. The number of hydroxylamine groups is 2. The molecule has 0 fully saturated rings. The number of nitrogens with zero attached hydrogens (tertiary/aromatic N) is 5. The predicted molar refractivity (Wildman–Crippen MR) is 187 cm³/mol. The van der Waals surface area contributed by atoms with Crippen molar-refractivity contribution in [2.45, 2.75) is 24.2 Å². The van der Waals surface area contributed by atoms with Crippen LogP contribution in [0.1, 0.15) is 40.1 Å². The summed E-state index contributed by atoms with van der Waals surface area (Å²) in [6.07, 6.45) is 2.71. The Hall–Kier alpha value is -4.94. The van der Waals surface area contributed by atoms with Crippen molar-refractivity contribution in [2.24, 2.45) is 0 Å². The number of nitrogens with two attached hydrogens (primary N) is 2. The standard InChI is InChI=1S/C15H16FN3O3S.C9H14N4O2S.C8H9FO2/c1-4-23-15-18-7-9(14(17)19-15)13(20)12-10(16)5-8(21-2)6-11(12)22-3;1-4-16-9-11-5-6(7(10)12-9)8(14)13(2)15-3;1-10-7-3-6(9)4-8(5-7)11-2/h5-7H,4H2,1-3H3,(H2,17,18,19);5H,4H2,1-3H3,(H2,10,11,12);3-5H,1-2H3. The first-order chi connectivity index (χ1) is 23.9. The van der Waals surface area contributed by atoms with Crippen LogP contribution in [-0.4, -0.2) is 90.8 Å². The van der Waals surface area contributed by atoms with E-state index in [9.17, 15) is 18.4 Å². The Bertz CT molecular complexity index is 1730. The summed E-state index contributed by atoms with van der Waals surface area (Å²) in [6, 6.07) is 6.73. The molecule has 0 aliphatic heterocycles. The van der Waals surface area contributed by atoms with Gasteiger partial charge in [-0.2, -0.15) is 0 Å². The van der Waals surface area contributed by atoms with Crippen LogP contribution in [0, 0.1) is 11.6 Å². The number of methoxy groups -OCH3 is 4. The lowest BCUT2D eigenvalue weighted by Crippen LogP contribution is -2.26. The van der Waals surface area contributed by atoms with Gasteiger partial charge in [-0.05, 0) is 11.5 Å². The van der Waals surface area contributed by atoms with E-state index in [0.29, 0.717) is 21.8 Å². The Balaban J connectivity index is 0.000000279. The van der Waals surface area contributed by atoms with Gasteiger partial charge in [-0.1, -0.05) is 37.4 Å². The lowest BCUT2D eigenvalue weighted by Gasteiger charge is -2.14. The first-order valence-corrected chi connectivity index (χ1v) is 16.5. The quantitative estimate of drug-likeness (QED) is 0.0835. The number of ether oxygens (including phenoxy) is 4. The van der Waals surface area contributed by atoms with E-state index >= 15 is 0 Å². The number of thioether (sulfide) groups is 2. The van der Waals surface area contributed by atoms with Gasteiger partial charge >= 0.3 is 0 Å². The monoisotopic (exact) mass is 735 g/mol. The lowest BCUT2D eigenvalue weighted by molar-refractivity contribution is -0.0756. The van der Waals surface area contributed by atoms with Gasteiger partial charge in [0.25, 0.3) is 5.91 Å². The van der Waals surface area contributed by atoms with Gasteiger partial charge in [-0.3, -0.25) is 14.4 Å². The summed E-state index contributed by atoms with van der Waals surface area (Å²) < 4.78 is 46.6. The fourth-order valence-electron chi connectivity index (χ4n) is 3.71. The molecule has 0 spiro atoms. The second kappa shape index (κ2) is 20.5. The number of halogens is 2. The largest absolute Gasteiger partial charge is 0.497 e. The third kappa shape index (κ3) is 11.6. The third-order valence-electron chi connectivity index (χ3n) is 6.20. The molecule has 2 aromatic heterocycles. The van der Waals surface area contributed by atoms with Crippen molar-refractivity contribution in [2.75, 3.05) is 65.6 Å². The Kier molecular flexibility index (Phi) is 16.9. The van der Waals surface area contributed by atoms with E-state index in [0.717, 1.165) is 22.6 Å². The summed E-state index contributed by atoms with van der Waals surface area (Å²) in [5.41, 5.74) is 11.5. The van der Waals surface area contributed by atoms with Gasteiger partial charge < -0.3 is 30.4 Å². The molecule has 0 saturated carbocycles. The molecule has 0 unspecified atom stereocenters. The molecule has 4 N–H and O–H groups in total. The summed E-state index contributed by atoms with van der Waals surface area (Å²) in [5.74, 6) is 0.868. The van der Waals surface area contributed by atoms with Gasteiger partial charge in [-0.15, -0.1) is 0 Å². The smallest absolute Gasteiger partial charge is 0.282 e. The second-order valence-electron chi connectivity index (χ2n) is 9.30. The molecule has 50 heavy (non-hydrogen) atoms. The van der Waals surface area contributed by atoms with Crippen molar-refractivity contribution >= 4 is 46.8 Å². The average Bonchev–Trinajstić information content (AvgIpc) is 3.11. The van der Waals surface area contributed by atoms with Crippen LogP contribution in [0.5, 0.6) is 23.0 Å². The molecular formula is C32H39F2N7O7S2. The SMILES string of the molecule is CCSc1ncc(C(=O)N(C)OC)c(N)n1.CCSc1ncc(C(=O)c2c(F)cc(OC)cc2OC)c(N)n1.COc1cc(F)cc(OC)c1. The number of hydrogen-bond donors (Lipinski definition) is 2. The van der Waals surface area contributed by atoms with Crippen LogP contribution < -0.4 is 30.4 Å². The van der Waals surface area contributed by atoms with Crippen molar-refractivity contribution in [3.05, 3.63) is 71.1 Å². The number of amides is 1. The number of hydrogen-bond acceptors (Lipinski definition) is 15. The maximum Gasteiger partial charge on any atom is 0.282 e.